The largest absolute Gasteiger partial charge is 0.495 e. The van der Waals surface area contributed by atoms with E-state index in [-0.39, 0.29) is 34.5 Å². The number of halogens is 1. The number of hydrogen-bond acceptors (Lipinski definition) is 7. The molecular formula is C24H26FN3O5S. The molecule has 8 nitrogen and oxygen atoms in total. The van der Waals surface area contributed by atoms with Gasteiger partial charge in [0.15, 0.2) is 15.6 Å². The summed E-state index contributed by atoms with van der Waals surface area (Å²) in [6, 6.07) is 13.0. The first-order chi connectivity index (χ1) is 16.3. The Labute approximate surface area is 197 Å². The summed E-state index contributed by atoms with van der Waals surface area (Å²) in [6.07, 6.45) is -0.156. The van der Waals surface area contributed by atoms with Gasteiger partial charge in [0.1, 0.15) is 16.5 Å². The van der Waals surface area contributed by atoms with Crippen LogP contribution >= 0.6 is 0 Å². The molecule has 0 unspecified atom stereocenters. The van der Waals surface area contributed by atoms with Crippen LogP contribution in [0.25, 0.3) is 11.3 Å². The van der Waals surface area contributed by atoms with E-state index in [1.54, 1.807) is 48.2 Å². The monoisotopic (exact) mass is 487 g/mol. The number of aromatic nitrogens is 1. The number of methoxy groups -OCH3 is 1. The number of carbonyl (C=O) groups is 1. The summed E-state index contributed by atoms with van der Waals surface area (Å²) >= 11 is 0. The van der Waals surface area contributed by atoms with Crippen LogP contribution in [0.5, 0.6) is 5.75 Å². The lowest BCUT2D eigenvalue weighted by Gasteiger charge is -2.36. The number of ether oxygens (including phenoxy) is 1. The number of carbonyl (C=O) groups excluding carboxylic acids is 1. The molecule has 1 aliphatic rings. The van der Waals surface area contributed by atoms with E-state index in [2.05, 4.69) is 5.16 Å². The first-order valence-corrected chi connectivity index (χ1v) is 12.6. The van der Waals surface area contributed by atoms with Crippen molar-refractivity contribution < 1.29 is 26.9 Å². The van der Waals surface area contributed by atoms with Crippen LogP contribution in [-0.4, -0.2) is 63.4 Å². The maximum atomic E-state index is 14.0. The molecule has 0 spiro atoms. The molecule has 1 aromatic heterocycles. The van der Waals surface area contributed by atoms with Crippen LogP contribution in [0.3, 0.4) is 0 Å². The Kier molecular flexibility index (Phi) is 6.87. The summed E-state index contributed by atoms with van der Waals surface area (Å²) in [5.41, 5.74) is 1.73. The average molecular weight is 488 g/mol. The van der Waals surface area contributed by atoms with Gasteiger partial charge in [-0.1, -0.05) is 17.3 Å². The quantitative estimate of drug-likeness (QED) is 0.505. The van der Waals surface area contributed by atoms with Gasteiger partial charge in [-0.2, -0.15) is 0 Å². The van der Waals surface area contributed by atoms with E-state index in [1.807, 2.05) is 4.90 Å². The maximum Gasteiger partial charge on any atom is 0.223 e. The van der Waals surface area contributed by atoms with Gasteiger partial charge in [-0.15, -0.1) is 0 Å². The number of para-hydroxylation sites is 1. The number of aryl methyl sites for hydroxylation is 1. The molecule has 10 heteroatoms. The van der Waals surface area contributed by atoms with Crippen molar-refractivity contribution in [2.75, 3.05) is 43.9 Å². The van der Waals surface area contributed by atoms with Gasteiger partial charge in [0.05, 0.1) is 24.2 Å². The molecule has 180 valence electrons. The molecular weight excluding hydrogens is 461 g/mol. The molecule has 0 atom stereocenters. The second-order valence-corrected chi connectivity index (χ2v) is 10.2. The summed E-state index contributed by atoms with van der Waals surface area (Å²) in [5, 5.41) is 3.84. The summed E-state index contributed by atoms with van der Waals surface area (Å²) < 4.78 is 50.8. The molecule has 1 aliphatic heterocycles. The summed E-state index contributed by atoms with van der Waals surface area (Å²) in [6.45, 7) is 3.53. The van der Waals surface area contributed by atoms with Gasteiger partial charge in [-0.25, -0.2) is 12.8 Å². The van der Waals surface area contributed by atoms with E-state index >= 15 is 0 Å². The molecule has 2 heterocycles. The fourth-order valence-electron chi connectivity index (χ4n) is 3.97. The number of benzene rings is 2. The second-order valence-electron chi connectivity index (χ2n) is 8.09. The molecule has 1 amide bonds. The van der Waals surface area contributed by atoms with Crippen molar-refractivity contribution in [2.45, 2.75) is 18.2 Å². The van der Waals surface area contributed by atoms with E-state index in [0.29, 0.717) is 48.9 Å². The van der Waals surface area contributed by atoms with Crippen molar-refractivity contribution in [1.82, 2.24) is 10.1 Å². The number of nitrogens with zero attached hydrogens (tertiary/aromatic N) is 3. The lowest BCUT2D eigenvalue weighted by molar-refractivity contribution is -0.131. The Morgan fingerprint density at radius 1 is 1.12 bits per heavy atom. The van der Waals surface area contributed by atoms with Crippen molar-refractivity contribution in [1.29, 1.82) is 0 Å². The third-order valence-electron chi connectivity index (χ3n) is 5.82. The Morgan fingerprint density at radius 3 is 2.50 bits per heavy atom. The summed E-state index contributed by atoms with van der Waals surface area (Å²) in [7, 11) is -2.42. The topological polar surface area (TPSA) is 92.9 Å². The van der Waals surface area contributed by atoms with E-state index in [4.69, 9.17) is 9.26 Å². The van der Waals surface area contributed by atoms with Crippen molar-refractivity contribution >= 4 is 21.4 Å². The average Bonchev–Trinajstić information content (AvgIpc) is 3.29. The van der Waals surface area contributed by atoms with Crippen molar-refractivity contribution in [3.8, 4) is 17.1 Å². The van der Waals surface area contributed by atoms with Gasteiger partial charge >= 0.3 is 0 Å². The fourth-order valence-corrected chi connectivity index (χ4v) is 5.40. The molecule has 1 fully saturated rings. The van der Waals surface area contributed by atoms with Crippen LogP contribution in [0.2, 0.25) is 0 Å². The number of piperazine rings is 1. The summed E-state index contributed by atoms with van der Waals surface area (Å²) in [5.74, 6) is -0.261. The minimum absolute atomic E-state index is 0.00118. The second kappa shape index (κ2) is 9.84. The lowest BCUT2D eigenvalue weighted by Crippen LogP contribution is -2.49. The molecule has 4 rings (SSSR count). The van der Waals surface area contributed by atoms with Crippen LogP contribution in [-0.2, 0) is 14.6 Å². The standard InChI is InChI=1S/C24H26FN3O5S/c1-17-15-22(33-26-17)18-7-8-21(32-2)23(16-18)34(30,31)14-9-24(29)28-12-10-27(11-13-28)20-6-4-3-5-19(20)25/h3-8,15-16H,9-14H2,1-2H3. The number of anilines is 1. The maximum absolute atomic E-state index is 14.0. The van der Waals surface area contributed by atoms with Crippen LogP contribution in [0.1, 0.15) is 12.1 Å². The zero-order chi connectivity index (χ0) is 24.3. The van der Waals surface area contributed by atoms with E-state index < -0.39 is 9.84 Å². The number of sulfone groups is 1. The molecule has 34 heavy (non-hydrogen) atoms. The molecule has 0 radical (unpaired) electrons. The van der Waals surface area contributed by atoms with Gasteiger partial charge in [0, 0.05) is 44.2 Å². The molecule has 0 bridgehead atoms. The SMILES string of the molecule is COc1ccc(-c2cc(C)no2)cc1S(=O)(=O)CCC(=O)N1CCN(c2ccccc2F)CC1. The van der Waals surface area contributed by atoms with E-state index in [0.717, 1.165) is 0 Å². The van der Waals surface area contributed by atoms with Crippen LogP contribution in [0.15, 0.2) is 57.9 Å². The first-order valence-electron chi connectivity index (χ1n) is 10.9. The third kappa shape index (κ3) is 5.06. The van der Waals surface area contributed by atoms with Gasteiger partial charge in [-0.3, -0.25) is 4.79 Å². The van der Waals surface area contributed by atoms with Crippen LogP contribution < -0.4 is 9.64 Å². The molecule has 0 saturated carbocycles. The molecule has 3 aromatic rings. The van der Waals surface area contributed by atoms with Gasteiger partial charge < -0.3 is 19.1 Å². The minimum Gasteiger partial charge on any atom is -0.495 e. The Bertz CT molecular complexity index is 1280. The minimum atomic E-state index is -3.81. The first kappa shape index (κ1) is 23.7. The highest BCUT2D eigenvalue weighted by atomic mass is 32.2. The molecule has 0 N–H and O–H groups in total. The smallest absolute Gasteiger partial charge is 0.223 e. The van der Waals surface area contributed by atoms with Gasteiger partial charge in [0.25, 0.3) is 0 Å². The van der Waals surface area contributed by atoms with Crippen molar-refractivity contribution in [2.24, 2.45) is 0 Å². The highest BCUT2D eigenvalue weighted by molar-refractivity contribution is 7.91. The molecule has 1 saturated heterocycles. The Hall–Kier alpha value is -3.40. The van der Waals surface area contributed by atoms with E-state index in [9.17, 15) is 17.6 Å². The predicted octanol–water partition coefficient (Wildman–Crippen LogP) is 3.31. The summed E-state index contributed by atoms with van der Waals surface area (Å²) in [4.78, 5) is 16.3. The highest BCUT2D eigenvalue weighted by Gasteiger charge is 2.26. The Morgan fingerprint density at radius 2 is 1.85 bits per heavy atom. The third-order valence-corrected chi connectivity index (χ3v) is 7.55. The number of amides is 1. The van der Waals surface area contributed by atoms with Gasteiger partial charge in [-0.05, 0) is 37.3 Å². The van der Waals surface area contributed by atoms with Crippen molar-refractivity contribution in [3.05, 3.63) is 60.0 Å². The predicted molar refractivity (Wildman–Crippen MR) is 125 cm³/mol. The zero-order valence-corrected chi connectivity index (χ0v) is 19.8. The van der Waals surface area contributed by atoms with Gasteiger partial charge in [0.2, 0.25) is 5.91 Å². The van der Waals surface area contributed by atoms with Crippen LogP contribution in [0.4, 0.5) is 10.1 Å². The van der Waals surface area contributed by atoms with Crippen molar-refractivity contribution in [3.63, 3.8) is 0 Å². The fraction of sp³-hybridized carbons (Fsp3) is 0.333. The number of rotatable bonds is 7. The zero-order valence-electron chi connectivity index (χ0n) is 19.0. The number of hydrogen-bond donors (Lipinski definition) is 0. The normalized spacial score (nSPS) is 14.3. The van der Waals surface area contributed by atoms with E-state index in [1.165, 1.54) is 19.2 Å². The molecule has 2 aromatic carbocycles. The Balaban J connectivity index is 1.41. The molecule has 0 aliphatic carbocycles. The van der Waals surface area contributed by atoms with Crippen LogP contribution in [0, 0.1) is 12.7 Å². The lowest BCUT2D eigenvalue weighted by atomic mass is 10.1. The highest BCUT2D eigenvalue weighted by Crippen LogP contribution is 2.31.